The van der Waals surface area contributed by atoms with Gasteiger partial charge in [-0.2, -0.15) is 13.2 Å². The first-order valence-electron chi connectivity index (χ1n) is 7.72. The molecule has 1 atom stereocenters. The van der Waals surface area contributed by atoms with E-state index < -0.39 is 12.2 Å². The lowest BCUT2D eigenvalue weighted by Crippen LogP contribution is -2.49. The van der Waals surface area contributed by atoms with Gasteiger partial charge in [0.25, 0.3) is 0 Å². The molecule has 1 N–H and O–H groups in total. The molecule has 2 nitrogen and oxygen atoms in total. The number of nitrogens with one attached hydrogen (secondary N) is 1. The van der Waals surface area contributed by atoms with Crippen LogP contribution < -0.4 is 5.32 Å². The highest BCUT2D eigenvalue weighted by atomic mass is 35.5. The van der Waals surface area contributed by atoms with Gasteiger partial charge in [-0.05, 0) is 16.7 Å². The third kappa shape index (κ3) is 5.35. The summed E-state index contributed by atoms with van der Waals surface area (Å²) in [6.45, 7) is 2.00. The van der Waals surface area contributed by atoms with Crippen LogP contribution in [0.3, 0.4) is 0 Å². The maximum Gasteiger partial charge on any atom is 0.408 e. The molecule has 1 aliphatic rings. The predicted octanol–water partition coefficient (Wildman–Crippen LogP) is 4.71. The summed E-state index contributed by atoms with van der Waals surface area (Å²) < 4.78 is 40.7. The second-order valence-electron chi connectivity index (χ2n) is 5.72. The largest absolute Gasteiger partial charge is 0.408 e. The van der Waals surface area contributed by atoms with Gasteiger partial charge in [0.1, 0.15) is 6.04 Å². The highest BCUT2D eigenvalue weighted by molar-refractivity contribution is 5.85. The molecular formula is C18H21Cl2F3N2. The summed E-state index contributed by atoms with van der Waals surface area (Å²) >= 11 is 0. The third-order valence-corrected chi connectivity index (χ3v) is 4.16. The normalized spacial score (nSPS) is 16.4. The lowest BCUT2D eigenvalue weighted by molar-refractivity contribution is -0.187. The topological polar surface area (TPSA) is 15.3 Å². The van der Waals surface area contributed by atoms with Crippen LogP contribution in [0.15, 0.2) is 54.6 Å². The highest BCUT2D eigenvalue weighted by Crippen LogP contribution is 2.38. The Balaban J connectivity index is 0.00000156. The number of hydrogen-bond acceptors (Lipinski definition) is 2. The molecule has 0 unspecified atom stereocenters. The molecule has 1 aliphatic heterocycles. The van der Waals surface area contributed by atoms with Crippen LogP contribution in [0.4, 0.5) is 13.2 Å². The zero-order chi connectivity index (χ0) is 16.3. The van der Waals surface area contributed by atoms with Gasteiger partial charge in [-0.3, -0.25) is 4.90 Å². The lowest BCUT2D eigenvalue weighted by atomic mass is 9.99. The Kier molecular flexibility index (Phi) is 8.22. The Morgan fingerprint density at radius 3 is 1.84 bits per heavy atom. The number of benzene rings is 2. The van der Waals surface area contributed by atoms with Crippen LogP contribution in [0.5, 0.6) is 0 Å². The van der Waals surface area contributed by atoms with E-state index in [1.54, 1.807) is 24.3 Å². The number of alkyl halides is 3. The minimum absolute atomic E-state index is 0. The number of piperazine rings is 1. The van der Waals surface area contributed by atoms with Crippen molar-refractivity contribution < 1.29 is 13.2 Å². The number of hydrogen-bond donors (Lipinski definition) is 1. The zero-order valence-corrected chi connectivity index (χ0v) is 15.1. The summed E-state index contributed by atoms with van der Waals surface area (Å²) in [5.41, 5.74) is 2.24. The molecule has 7 heteroatoms. The molecule has 0 aromatic heterocycles. The lowest BCUT2D eigenvalue weighted by Gasteiger charge is -2.36. The molecular weight excluding hydrogens is 372 g/mol. The Bertz CT molecular complexity index is 627. The first-order chi connectivity index (χ1) is 11.1. The van der Waals surface area contributed by atoms with Gasteiger partial charge in [0.05, 0.1) is 0 Å². The predicted molar refractivity (Wildman–Crippen MR) is 99.6 cm³/mol. The summed E-state index contributed by atoms with van der Waals surface area (Å²) in [6, 6.07) is 14.9. The molecule has 2 aromatic rings. The minimum Gasteiger partial charge on any atom is -0.314 e. The van der Waals surface area contributed by atoms with Crippen molar-refractivity contribution in [3.8, 4) is 11.1 Å². The smallest absolute Gasteiger partial charge is 0.314 e. The van der Waals surface area contributed by atoms with Crippen LogP contribution in [0.1, 0.15) is 11.6 Å². The molecule has 25 heavy (non-hydrogen) atoms. The molecule has 1 saturated heterocycles. The average Bonchev–Trinajstić information content (AvgIpc) is 2.56. The van der Waals surface area contributed by atoms with E-state index in [1.165, 1.54) is 4.90 Å². The second-order valence-corrected chi connectivity index (χ2v) is 5.72. The van der Waals surface area contributed by atoms with E-state index in [1.807, 2.05) is 30.3 Å². The molecule has 3 rings (SSSR count). The van der Waals surface area contributed by atoms with Crippen LogP contribution >= 0.6 is 24.8 Å². The van der Waals surface area contributed by atoms with Crippen molar-refractivity contribution in [2.24, 2.45) is 0 Å². The molecule has 138 valence electrons. The Labute approximate surface area is 158 Å². The summed E-state index contributed by atoms with van der Waals surface area (Å²) in [6.07, 6.45) is -4.27. The van der Waals surface area contributed by atoms with Gasteiger partial charge in [-0.1, -0.05) is 54.6 Å². The van der Waals surface area contributed by atoms with E-state index in [4.69, 9.17) is 0 Å². The van der Waals surface area contributed by atoms with Crippen molar-refractivity contribution in [3.05, 3.63) is 60.2 Å². The first-order valence-corrected chi connectivity index (χ1v) is 7.72. The Morgan fingerprint density at radius 2 is 1.32 bits per heavy atom. The molecule has 0 amide bonds. The molecule has 0 radical (unpaired) electrons. The SMILES string of the molecule is Cl.Cl.FC(F)(F)[C@@H](c1ccc(-c2ccccc2)cc1)N1CCNCC1. The number of halogens is 5. The highest BCUT2D eigenvalue weighted by Gasteiger charge is 2.44. The molecule has 1 fully saturated rings. The van der Waals surface area contributed by atoms with E-state index in [2.05, 4.69) is 5.32 Å². The van der Waals surface area contributed by atoms with Crippen LogP contribution in [0.2, 0.25) is 0 Å². The summed E-state index contributed by atoms with van der Waals surface area (Å²) in [4.78, 5) is 1.51. The number of nitrogens with zero attached hydrogens (tertiary/aromatic N) is 1. The van der Waals surface area contributed by atoms with Gasteiger partial charge in [0.2, 0.25) is 0 Å². The summed E-state index contributed by atoms with van der Waals surface area (Å²) in [5.74, 6) is 0. The molecule has 0 aliphatic carbocycles. The zero-order valence-electron chi connectivity index (χ0n) is 13.5. The fraction of sp³-hybridized carbons (Fsp3) is 0.333. The van der Waals surface area contributed by atoms with E-state index in [9.17, 15) is 13.2 Å². The third-order valence-electron chi connectivity index (χ3n) is 4.16. The van der Waals surface area contributed by atoms with Crippen molar-refractivity contribution >= 4 is 24.8 Å². The van der Waals surface area contributed by atoms with E-state index in [0.29, 0.717) is 31.7 Å². The van der Waals surface area contributed by atoms with Gasteiger partial charge in [0, 0.05) is 26.2 Å². The average molecular weight is 393 g/mol. The second kappa shape index (κ2) is 9.43. The van der Waals surface area contributed by atoms with Gasteiger partial charge in [0.15, 0.2) is 0 Å². The molecule has 1 heterocycles. The molecule has 0 bridgehead atoms. The fourth-order valence-electron chi connectivity index (χ4n) is 3.04. The van der Waals surface area contributed by atoms with Gasteiger partial charge in [-0.15, -0.1) is 24.8 Å². The summed E-state index contributed by atoms with van der Waals surface area (Å²) in [5, 5.41) is 3.09. The number of rotatable bonds is 3. The van der Waals surface area contributed by atoms with Gasteiger partial charge in [-0.25, -0.2) is 0 Å². The Hall–Kier alpha value is -1.27. The van der Waals surface area contributed by atoms with Crippen molar-refractivity contribution in [1.82, 2.24) is 10.2 Å². The van der Waals surface area contributed by atoms with Crippen LogP contribution in [-0.4, -0.2) is 37.3 Å². The van der Waals surface area contributed by atoms with Crippen molar-refractivity contribution in [3.63, 3.8) is 0 Å². The van der Waals surface area contributed by atoms with Crippen LogP contribution in [0, 0.1) is 0 Å². The molecule has 2 aromatic carbocycles. The summed E-state index contributed by atoms with van der Waals surface area (Å²) in [7, 11) is 0. The van der Waals surface area contributed by atoms with Crippen molar-refractivity contribution in [1.29, 1.82) is 0 Å². The van der Waals surface area contributed by atoms with E-state index in [0.717, 1.165) is 11.1 Å². The van der Waals surface area contributed by atoms with Gasteiger partial charge < -0.3 is 5.32 Å². The quantitative estimate of drug-likeness (QED) is 0.813. The van der Waals surface area contributed by atoms with Crippen molar-refractivity contribution in [2.45, 2.75) is 12.2 Å². The van der Waals surface area contributed by atoms with Crippen molar-refractivity contribution in [2.75, 3.05) is 26.2 Å². The molecule has 0 saturated carbocycles. The monoisotopic (exact) mass is 392 g/mol. The maximum absolute atomic E-state index is 13.6. The van der Waals surface area contributed by atoms with E-state index >= 15 is 0 Å². The maximum atomic E-state index is 13.6. The molecule has 0 spiro atoms. The first kappa shape index (κ1) is 21.8. The fourth-order valence-corrected chi connectivity index (χ4v) is 3.04. The van der Waals surface area contributed by atoms with Crippen LogP contribution in [0.25, 0.3) is 11.1 Å². The van der Waals surface area contributed by atoms with Gasteiger partial charge >= 0.3 is 6.18 Å². The van der Waals surface area contributed by atoms with E-state index in [-0.39, 0.29) is 24.8 Å². The Morgan fingerprint density at radius 1 is 0.800 bits per heavy atom. The van der Waals surface area contributed by atoms with Crippen LogP contribution in [-0.2, 0) is 0 Å². The minimum atomic E-state index is -4.27. The standard InChI is InChI=1S/C18H19F3N2.2ClH/c19-18(20,21)17(23-12-10-22-11-13-23)16-8-6-15(7-9-16)14-4-2-1-3-5-14;;/h1-9,17,22H,10-13H2;2*1H/t17-;;/m1../s1.